The summed E-state index contributed by atoms with van der Waals surface area (Å²) in [5.41, 5.74) is 8.82. The number of aryl methyl sites for hydroxylation is 1. The molecular weight excluding hydrogens is 260 g/mol. The Morgan fingerprint density at radius 1 is 1.33 bits per heavy atom. The summed E-state index contributed by atoms with van der Waals surface area (Å²) in [6.07, 6.45) is 4.89. The van der Waals surface area contributed by atoms with Crippen molar-refractivity contribution in [2.75, 3.05) is 20.2 Å². The molecule has 0 spiro atoms. The second-order valence-electron chi connectivity index (χ2n) is 6.18. The van der Waals surface area contributed by atoms with Gasteiger partial charge >= 0.3 is 0 Å². The maximum atomic E-state index is 5.99. The van der Waals surface area contributed by atoms with Crippen LogP contribution >= 0.6 is 0 Å². The van der Waals surface area contributed by atoms with Crippen LogP contribution in [0.5, 0.6) is 0 Å². The number of rotatable bonds is 6. The van der Waals surface area contributed by atoms with Crippen LogP contribution in [-0.2, 0) is 11.2 Å². The van der Waals surface area contributed by atoms with Gasteiger partial charge in [0.05, 0.1) is 6.10 Å². The molecule has 1 heterocycles. The predicted molar refractivity (Wildman–Crippen MR) is 88.4 cm³/mol. The van der Waals surface area contributed by atoms with Gasteiger partial charge in [-0.1, -0.05) is 37.6 Å². The summed E-state index contributed by atoms with van der Waals surface area (Å²) in [5.74, 6) is 0. The lowest BCUT2D eigenvalue weighted by Gasteiger charge is -2.42. The fraction of sp³-hybridized carbons (Fsp3) is 0.667. The Hall–Kier alpha value is -0.900. The minimum Gasteiger partial charge on any atom is -0.381 e. The van der Waals surface area contributed by atoms with Gasteiger partial charge in [-0.3, -0.25) is 4.90 Å². The highest BCUT2D eigenvalue weighted by Crippen LogP contribution is 2.29. The van der Waals surface area contributed by atoms with Crippen molar-refractivity contribution < 1.29 is 4.74 Å². The fourth-order valence-corrected chi connectivity index (χ4v) is 3.43. The van der Waals surface area contributed by atoms with E-state index in [0.29, 0.717) is 24.7 Å². The highest BCUT2D eigenvalue weighted by atomic mass is 16.5. The Morgan fingerprint density at radius 3 is 2.62 bits per heavy atom. The quantitative estimate of drug-likeness (QED) is 0.874. The molecule has 1 saturated heterocycles. The van der Waals surface area contributed by atoms with E-state index >= 15 is 0 Å². The van der Waals surface area contributed by atoms with E-state index in [-0.39, 0.29) is 0 Å². The van der Waals surface area contributed by atoms with Gasteiger partial charge in [0.25, 0.3) is 0 Å². The zero-order valence-corrected chi connectivity index (χ0v) is 13.7. The number of methoxy groups -OCH3 is 1. The lowest BCUT2D eigenvalue weighted by molar-refractivity contribution is -0.00164. The Morgan fingerprint density at radius 2 is 2.05 bits per heavy atom. The van der Waals surface area contributed by atoms with Gasteiger partial charge in [-0.05, 0) is 37.3 Å². The Labute approximate surface area is 129 Å². The Bertz CT molecular complexity index is 418. The maximum Gasteiger partial charge on any atom is 0.0599 e. The number of benzene rings is 1. The number of nitrogens with two attached hydrogens (primary N) is 1. The molecule has 3 heteroatoms. The third-order valence-electron chi connectivity index (χ3n) is 4.82. The molecule has 21 heavy (non-hydrogen) atoms. The van der Waals surface area contributed by atoms with Gasteiger partial charge in [-0.25, -0.2) is 0 Å². The molecule has 0 aromatic heterocycles. The minimum absolute atomic E-state index is 0.369. The first-order chi connectivity index (χ1) is 10.2. The average Bonchev–Trinajstić information content (AvgIpc) is 2.54. The highest BCUT2D eigenvalue weighted by Gasteiger charge is 2.30. The molecule has 0 bridgehead atoms. The smallest absolute Gasteiger partial charge is 0.0599 e. The number of likely N-dealkylation sites (tertiary alicyclic amines) is 1. The van der Waals surface area contributed by atoms with E-state index in [9.17, 15) is 0 Å². The fourth-order valence-electron chi connectivity index (χ4n) is 3.43. The van der Waals surface area contributed by atoms with Gasteiger partial charge < -0.3 is 10.5 Å². The predicted octanol–water partition coefficient (Wildman–Crippen LogP) is 3.14. The molecule has 3 unspecified atom stereocenters. The lowest BCUT2D eigenvalue weighted by atomic mass is 9.94. The molecule has 1 aromatic rings. The van der Waals surface area contributed by atoms with Crippen LogP contribution in [0.1, 0.15) is 50.3 Å². The molecule has 2 rings (SSSR count). The normalized spacial score (nSPS) is 25.0. The summed E-state index contributed by atoms with van der Waals surface area (Å²) in [6.45, 7) is 6.29. The standard InChI is InChI=1S/C18H30N2O/c1-4-5-15-6-8-16(9-7-15)14(2)20-11-10-18(21-3)12-17(20)13-19/h6-9,14,17-18H,4-5,10-13,19H2,1-3H3. The second kappa shape index (κ2) is 7.92. The van der Waals surface area contributed by atoms with Crippen molar-refractivity contribution in [3.63, 3.8) is 0 Å². The van der Waals surface area contributed by atoms with Crippen LogP contribution in [0.15, 0.2) is 24.3 Å². The molecule has 1 aliphatic rings. The van der Waals surface area contributed by atoms with Crippen molar-refractivity contribution in [1.82, 2.24) is 4.90 Å². The van der Waals surface area contributed by atoms with Gasteiger partial charge in [0.1, 0.15) is 0 Å². The largest absolute Gasteiger partial charge is 0.381 e. The molecule has 3 nitrogen and oxygen atoms in total. The number of ether oxygens (including phenoxy) is 1. The lowest BCUT2D eigenvalue weighted by Crippen LogP contribution is -2.49. The highest BCUT2D eigenvalue weighted by molar-refractivity contribution is 5.25. The summed E-state index contributed by atoms with van der Waals surface area (Å²) < 4.78 is 5.52. The number of nitrogens with zero attached hydrogens (tertiary/aromatic N) is 1. The van der Waals surface area contributed by atoms with Crippen LogP contribution in [-0.4, -0.2) is 37.2 Å². The minimum atomic E-state index is 0.369. The van der Waals surface area contributed by atoms with Crippen LogP contribution in [0.4, 0.5) is 0 Å². The molecule has 0 saturated carbocycles. The van der Waals surface area contributed by atoms with E-state index in [1.165, 1.54) is 24.0 Å². The topological polar surface area (TPSA) is 38.5 Å². The van der Waals surface area contributed by atoms with Crippen LogP contribution in [0.2, 0.25) is 0 Å². The molecule has 0 aliphatic carbocycles. The Kier molecular flexibility index (Phi) is 6.22. The van der Waals surface area contributed by atoms with Gasteiger partial charge in [0, 0.05) is 32.3 Å². The number of hydrogen-bond acceptors (Lipinski definition) is 3. The van der Waals surface area contributed by atoms with Crippen molar-refractivity contribution in [3.8, 4) is 0 Å². The van der Waals surface area contributed by atoms with Crippen LogP contribution < -0.4 is 5.73 Å². The van der Waals surface area contributed by atoms with Crippen LogP contribution in [0.3, 0.4) is 0 Å². The van der Waals surface area contributed by atoms with Crippen molar-refractivity contribution in [2.45, 2.75) is 57.7 Å². The van der Waals surface area contributed by atoms with E-state index in [0.717, 1.165) is 19.4 Å². The molecule has 2 N–H and O–H groups in total. The van der Waals surface area contributed by atoms with E-state index in [1.807, 2.05) is 7.11 Å². The first-order valence-corrected chi connectivity index (χ1v) is 8.27. The number of hydrogen-bond donors (Lipinski definition) is 1. The van der Waals surface area contributed by atoms with Crippen molar-refractivity contribution in [1.29, 1.82) is 0 Å². The van der Waals surface area contributed by atoms with E-state index in [2.05, 4.69) is 43.0 Å². The zero-order valence-electron chi connectivity index (χ0n) is 13.7. The summed E-state index contributed by atoms with van der Waals surface area (Å²) in [5, 5.41) is 0. The van der Waals surface area contributed by atoms with Gasteiger partial charge in [0.15, 0.2) is 0 Å². The molecule has 1 fully saturated rings. The summed E-state index contributed by atoms with van der Waals surface area (Å²) in [4.78, 5) is 2.55. The molecule has 1 aromatic carbocycles. The Balaban J connectivity index is 2.05. The summed E-state index contributed by atoms with van der Waals surface area (Å²) in [6, 6.07) is 9.96. The maximum absolute atomic E-state index is 5.99. The first-order valence-electron chi connectivity index (χ1n) is 8.27. The zero-order chi connectivity index (χ0) is 15.2. The second-order valence-corrected chi connectivity index (χ2v) is 6.18. The molecule has 3 atom stereocenters. The van der Waals surface area contributed by atoms with Crippen LogP contribution in [0.25, 0.3) is 0 Å². The summed E-state index contributed by atoms with van der Waals surface area (Å²) in [7, 11) is 1.81. The van der Waals surface area contributed by atoms with Gasteiger partial charge in [-0.15, -0.1) is 0 Å². The molecular formula is C18H30N2O. The molecule has 0 amide bonds. The monoisotopic (exact) mass is 290 g/mol. The van der Waals surface area contributed by atoms with Crippen molar-refractivity contribution in [2.24, 2.45) is 5.73 Å². The number of piperidine rings is 1. The molecule has 1 aliphatic heterocycles. The first kappa shape index (κ1) is 16.5. The third-order valence-corrected chi connectivity index (χ3v) is 4.82. The van der Waals surface area contributed by atoms with Crippen LogP contribution in [0, 0.1) is 0 Å². The molecule has 0 radical (unpaired) electrons. The SMILES string of the molecule is CCCc1ccc(C(C)N2CCC(OC)CC2CN)cc1. The van der Waals surface area contributed by atoms with Crippen molar-refractivity contribution >= 4 is 0 Å². The summed E-state index contributed by atoms with van der Waals surface area (Å²) >= 11 is 0. The van der Waals surface area contributed by atoms with E-state index in [1.54, 1.807) is 0 Å². The molecule has 118 valence electrons. The van der Waals surface area contributed by atoms with E-state index < -0.39 is 0 Å². The van der Waals surface area contributed by atoms with Crippen molar-refractivity contribution in [3.05, 3.63) is 35.4 Å². The van der Waals surface area contributed by atoms with E-state index in [4.69, 9.17) is 10.5 Å². The average molecular weight is 290 g/mol. The van der Waals surface area contributed by atoms with Gasteiger partial charge in [0.2, 0.25) is 0 Å². The third kappa shape index (κ3) is 4.06. The van der Waals surface area contributed by atoms with Gasteiger partial charge in [-0.2, -0.15) is 0 Å².